The predicted octanol–water partition coefficient (Wildman–Crippen LogP) is 2.41. The predicted molar refractivity (Wildman–Crippen MR) is 80.1 cm³/mol. The summed E-state index contributed by atoms with van der Waals surface area (Å²) in [6, 6.07) is 1.61. The van der Waals surface area contributed by atoms with E-state index in [1.54, 1.807) is 13.0 Å². The molecule has 0 spiro atoms. The van der Waals surface area contributed by atoms with Crippen molar-refractivity contribution in [3.05, 3.63) is 17.6 Å². The molecule has 1 rings (SSSR count). The second kappa shape index (κ2) is 7.81. The Hall–Kier alpha value is -0.850. The van der Waals surface area contributed by atoms with Crippen molar-refractivity contribution >= 4 is 10.0 Å². The lowest BCUT2D eigenvalue weighted by Crippen LogP contribution is -2.28. The summed E-state index contributed by atoms with van der Waals surface area (Å²) in [5.41, 5.74) is 0. The maximum atomic E-state index is 12.2. The van der Waals surface area contributed by atoms with E-state index in [1.807, 2.05) is 13.8 Å². The van der Waals surface area contributed by atoms with Crippen molar-refractivity contribution in [3.8, 4) is 0 Å². The Labute approximate surface area is 122 Å². The molecule has 0 aliphatic heterocycles. The van der Waals surface area contributed by atoms with Gasteiger partial charge in [0.2, 0.25) is 10.0 Å². The fourth-order valence-corrected chi connectivity index (χ4v) is 3.11. The zero-order chi connectivity index (χ0) is 15.2. The number of nitrogens with one attached hydrogen (secondary N) is 2. The van der Waals surface area contributed by atoms with Crippen LogP contribution in [0.1, 0.15) is 45.1 Å². The lowest BCUT2D eigenvalue weighted by atomic mass is 10.1. The second-order valence-corrected chi connectivity index (χ2v) is 6.91. The molecule has 0 saturated heterocycles. The molecule has 20 heavy (non-hydrogen) atoms. The molecule has 0 saturated carbocycles. The summed E-state index contributed by atoms with van der Waals surface area (Å²) in [6.45, 7) is 9.71. The summed E-state index contributed by atoms with van der Waals surface area (Å²) in [5.74, 6) is 1.41. The highest BCUT2D eigenvalue weighted by Crippen LogP contribution is 2.20. The Bertz CT molecular complexity index is 508. The third-order valence-corrected chi connectivity index (χ3v) is 4.79. The van der Waals surface area contributed by atoms with Crippen molar-refractivity contribution in [2.24, 2.45) is 5.92 Å². The molecule has 5 nitrogen and oxygen atoms in total. The van der Waals surface area contributed by atoms with Gasteiger partial charge in [-0.15, -0.1) is 0 Å². The maximum absolute atomic E-state index is 12.2. The van der Waals surface area contributed by atoms with Crippen LogP contribution in [0.2, 0.25) is 0 Å². The van der Waals surface area contributed by atoms with E-state index in [2.05, 4.69) is 17.0 Å². The molecule has 1 aromatic rings. The fraction of sp³-hybridized carbons (Fsp3) is 0.714. The molecular weight excluding hydrogens is 276 g/mol. The molecule has 1 unspecified atom stereocenters. The molecule has 0 fully saturated rings. The van der Waals surface area contributed by atoms with E-state index in [-0.39, 0.29) is 4.90 Å². The first kappa shape index (κ1) is 17.2. The van der Waals surface area contributed by atoms with E-state index in [9.17, 15) is 8.42 Å². The molecule has 0 radical (unpaired) electrons. The SMILES string of the molecule is CCCNCc1cc(S(=O)(=O)NCC(C)CC)c(C)o1. The Morgan fingerprint density at radius 2 is 2.05 bits per heavy atom. The van der Waals surface area contributed by atoms with Gasteiger partial charge in [-0.2, -0.15) is 0 Å². The largest absolute Gasteiger partial charge is 0.464 e. The van der Waals surface area contributed by atoms with Crippen molar-refractivity contribution in [2.45, 2.75) is 52.0 Å². The summed E-state index contributed by atoms with van der Waals surface area (Å²) in [7, 11) is -3.48. The monoisotopic (exact) mass is 302 g/mol. The lowest BCUT2D eigenvalue weighted by molar-refractivity contribution is 0.456. The van der Waals surface area contributed by atoms with Crippen LogP contribution < -0.4 is 10.0 Å². The molecule has 0 aliphatic carbocycles. The van der Waals surface area contributed by atoms with Crippen molar-refractivity contribution < 1.29 is 12.8 Å². The van der Waals surface area contributed by atoms with Crippen LogP contribution in [-0.4, -0.2) is 21.5 Å². The number of hydrogen-bond donors (Lipinski definition) is 2. The van der Waals surface area contributed by atoms with E-state index in [0.717, 1.165) is 19.4 Å². The average molecular weight is 302 g/mol. The van der Waals surface area contributed by atoms with Gasteiger partial charge in [0.05, 0.1) is 6.54 Å². The van der Waals surface area contributed by atoms with Gasteiger partial charge < -0.3 is 9.73 Å². The van der Waals surface area contributed by atoms with Gasteiger partial charge >= 0.3 is 0 Å². The van der Waals surface area contributed by atoms with Gasteiger partial charge in [0, 0.05) is 12.6 Å². The zero-order valence-electron chi connectivity index (χ0n) is 12.8. The van der Waals surface area contributed by atoms with Crippen LogP contribution in [0.15, 0.2) is 15.4 Å². The molecule has 0 aromatic carbocycles. The first-order chi connectivity index (χ1) is 9.40. The molecule has 6 heteroatoms. The minimum atomic E-state index is -3.48. The Morgan fingerprint density at radius 3 is 2.65 bits per heavy atom. The van der Waals surface area contributed by atoms with Crippen molar-refractivity contribution in [1.82, 2.24) is 10.0 Å². The molecule has 0 bridgehead atoms. The van der Waals surface area contributed by atoms with Crippen molar-refractivity contribution in [2.75, 3.05) is 13.1 Å². The third-order valence-electron chi connectivity index (χ3n) is 3.26. The van der Waals surface area contributed by atoms with Crippen molar-refractivity contribution in [3.63, 3.8) is 0 Å². The molecule has 0 aliphatic rings. The topological polar surface area (TPSA) is 71.3 Å². The highest BCUT2D eigenvalue weighted by molar-refractivity contribution is 7.89. The smallest absolute Gasteiger partial charge is 0.244 e. The minimum absolute atomic E-state index is 0.245. The zero-order valence-corrected chi connectivity index (χ0v) is 13.6. The number of aryl methyl sites for hydroxylation is 1. The molecule has 0 amide bonds. The Kier molecular flexibility index (Phi) is 6.71. The van der Waals surface area contributed by atoms with Crippen LogP contribution in [0.3, 0.4) is 0 Å². The summed E-state index contributed by atoms with van der Waals surface area (Å²) in [5, 5.41) is 3.19. The van der Waals surface area contributed by atoms with E-state index in [1.165, 1.54) is 0 Å². The quantitative estimate of drug-likeness (QED) is 0.687. The van der Waals surface area contributed by atoms with Crippen LogP contribution in [0.25, 0.3) is 0 Å². The fourth-order valence-electron chi connectivity index (χ4n) is 1.74. The lowest BCUT2D eigenvalue weighted by Gasteiger charge is -2.09. The molecule has 1 atom stereocenters. The first-order valence-corrected chi connectivity index (χ1v) is 8.68. The average Bonchev–Trinajstić information content (AvgIpc) is 2.78. The Morgan fingerprint density at radius 1 is 1.35 bits per heavy atom. The van der Waals surface area contributed by atoms with Gasteiger partial charge in [0.1, 0.15) is 16.4 Å². The Balaban J connectivity index is 2.74. The standard InChI is InChI=1S/C14H26N2O3S/c1-5-7-15-10-13-8-14(12(4)19-13)20(17,18)16-9-11(3)6-2/h8,11,15-16H,5-7,9-10H2,1-4H3. The van der Waals surface area contributed by atoms with Gasteiger partial charge in [0.25, 0.3) is 0 Å². The van der Waals surface area contributed by atoms with Gasteiger partial charge in [-0.25, -0.2) is 13.1 Å². The highest BCUT2D eigenvalue weighted by atomic mass is 32.2. The van der Waals surface area contributed by atoms with Crippen LogP contribution in [0, 0.1) is 12.8 Å². The summed E-state index contributed by atoms with van der Waals surface area (Å²) in [6.07, 6.45) is 1.97. The highest BCUT2D eigenvalue weighted by Gasteiger charge is 2.21. The number of furan rings is 1. The molecule has 1 aromatic heterocycles. The number of hydrogen-bond acceptors (Lipinski definition) is 4. The number of sulfonamides is 1. The molecule has 2 N–H and O–H groups in total. The summed E-state index contributed by atoms with van der Waals surface area (Å²) in [4.78, 5) is 0.245. The maximum Gasteiger partial charge on any atom is 0.244 e. The second-order valence-electron chi connectivity index (χ2n) is 5.18. The van der Waals surface area contributed by atoms with Crippen LogP contribution in [0.4, 0.5) is 0 Å². The van der Waals surface area contributed by atoms with Gasteiger partial charge in [0.15, 0.2) is 0 Å². The molecule has 1 heterocycles. The summed E-state index contributed by atoms with van der Waals surface area (Å²) >= 11 is 0. The third kappa shape index (κ3) is 4.92. The minimum Gasteiger partial charge on any atom is -0.464 e. The van der Waals surface area contributed by atoms with Crippen molar-refractivity contribution in [1.29, 1.82) is 0 Å². The van der Waals surface area contributed by atoms with E-state index in [4.69, 9.17) is 4.42 Å². The number of rotatable bonds is 9. The van der Waals surface area contributed by atoms with Gasteiger partial charge in [-0.3, -0.25) is 0 Å². The van der Waals surface area contributed by atoms with Gasteiger partial charge in [-0.05, 0) is 25.8 Å². The van der Waals surface area contributed by atoms with Crippen LogP contribution in [-0.2, 0) is 16.6 Å². The van der Waals surface area contributed by atoms with Crippen LogP contribution in [0.5, 0.6) is 0 Å². The summed E-state index contributed by atoms with van der Waals surface area (Å²) < 4.78 is 32.6. The normalized spacial score (nSPS) is 13.6. The molecular formula is C14H26N2O3S. The van der Waals surface area contributed by atoms with E-state index >= 15 is 0 Å². The van der Waals surface area contributed by atoms with Gasteiger partial charge in [-0.1, -0.05) is 27.2 Å². The first-order valence-electron chi connectivity index (χ1n) is 7.20. The van der Waals surface area contributed by atoms with Crippen LogP contribution >= 0.6 is 0 Å². The molecule has 116 valence electrons. The van der Waals surface area contributed by atoms with E-state index in [0.29, 0.717) is 30.5 Å². The van der Waals surface area contributed by atoms with E-state index < -0.39 is 10.0 Å².